The van der Waals surface area contributed by atoms with Crippen molar-refractivity contribution in [3.63, 3.8) is 0 Å². The summed E-state index contributed by atoms with van der Waals surface area (Å²) in [6, 6.07) is 5.67. The number of alkyl halides is 1. The number of nitrogens with zero attached hydrogens (tertiary/aromatic N) is 5. The third-order valence-corrected chi connectivity index (χ3v) is 9.15. The summed E-state index contributed by atoms with van der Waals surface area (Å²) in [7, 11) is -1.40. The Hall–Kier alpha value is -3.36. The van der Waals surface area contributed by atoms with Crippen LogP contribution in [-0.4, -0.2) is 78.5 Å². The standard InChI is InChI=1S/C25H31ClFN9O3S/c1-24(2,27)22(38)35-8-5-14-3-4-16(11-15(14)12-35)40(39)36-9-6-25(7-10-36)13-30-23(34-25)33-21(37)17-19(28)32-20(29)18(26)31-17/h3-4,11H,5-10,12-13H2,1-2H3,(H4,28,29,32)(H2,30,33,34,37). The fraction of sp³-hybridized carbons (Fsp3) is 0.480. The number of aliphatic imine (C=N–C) groups is 1. The van der Waals surface area contributed by atoms with Gasteiger partial charge in [0.15, 0.2) is 34.1 Å². The van der Waals surface area contributed by atoms with Crippen LogP contribution >= 0.6 is 11.6 Å². The summed E-state index contributed by atoms with van der Waals surface area (Å²) in [5, 5.41) is 5.84. The SMILES string of the molecule is CC(C)(F)C(=O)N1CCc2ccc(S(=O)N3CCC4(CC3)CN=C(NC(=O)c3nc(Cl)c(N)nc3N)N4)cc2C1. The molecule has 0 saturated carbocycles. The molecule has 3 aliphatic heterocycles. The molecule has 1 fully saturated rings. The third kappa shape index (κ3) is 5.60. The lowest BCUT2D eigenvalue weighted by Crippen LogP contribution is -2.56. The van der Waals surface area contributed by atoms with Gasteiger partial charge in [-0.2, -0.15) is 0 Å². The molecule has 6 N–H and O–H groups in total. The number of piperidine rings is 1. The number of carbonyl (C=O) groups excluding carboxylic acids is 2. The van der Waals surface area contributed by atoms with E-state index in [0.717, 1.165) is 11.1 Å². The van der Waals surface area contributed by atoms with Crippen molar-refractivity contribution in [2.24, 2.45) is 4.99 Å². The molecule has 3 aliphatic rings. The van der Waals surface area contributed by atoms with Gasteiger partial charge in [0.25, 0.3) is 11.8 Å². The number of halogens is 2. The van der Waals surface area contributed by atoms with E-state index in [1.54, 1.807) is 0 Å². The Balaban J connectivity index is 1.18. The summed E-state index contributed by atoms with van der Waals surface area (Å²) < 4.78 is 29.6. The number of benzene rings is 1. The van der Waals surface area contributed by atoms with Crippen molar-refractivity contribution in [3.8, 4) is 0 Å². The zero-order valence-electron chi connectivity index (χ0n) is 22.2. The smallest absolute Gasteiger partial charge is 0.280 e. The second kappa shape index (κ2) is 10.6. The molecule has 1 aromatic heterocycles. The molecule has 0 aliphatic carbocycles. The number of amides is 2. The van der Waals surface area contributed by atoms with Crippen LogP contribution in [0.5, 0.6) is 0 Å². The number of nitrogens with two attached hydrogens (primary N) is 2. The Morgan fingerprint density at radius 2 is 1.88 bits per heavy atom. The molecule has 1 spiro atoms. The van der Waals surface area contributed by atoms with Gasteiger partial charge < -0.3 is 21.7 Å². The van der Waals surface area contributed by atoms with Gasteiger partial charge in [-0.3, -0.25) is 19.9 Å². The van der Waals surface area contributed by atoms with Crippen molar-refractivity contribution in [1.82, 2.24) is 29.8 Å². The fourth-order valence-corrected chi connectivity index (χ4v) is 6.48. The molecule has 2 aromatic rings. The van der Waals surface area contributed by atoms with E-state index >= 15 is 0 Å². The van der Waals surface area contributed by atoms with Crippen LogP contribution in [0.3, 0.4) is 0 Å². The summed E-state index contributed by atoms with van der Waals surface area (Å²) in [4.78, 5) is 39.4. The monoisotopic (exact) mass is 591 g/mol. The number of hydrogen-bond acceptors (Lipinski definition) is 9. The Labute approximate surface area is 238 Å². The molecular formula is C25H31ClFN9O3S. The molecule has 40 heavy (non-hydrogen) atoms. The van der Waals surface area contributed by atoms with E-state index in [1.807, 2.05) is 22.5 Å². The summed E-state index contributed by atoms with van der Waals surface area (Å²) in [5.41, 5.74) is 10.8. The van der Waals surface area contributed by atoms with Crippen LogP contribution in [0.15, 0.2) is 28.1 Å². The zero-order valence-corrected chi connectivity index (χ0v) is 23.7. The second-order valence-electron chi connectivity index (χ2n) is 10.7. The Kier molecular flexibility index (Phi) is 7.44. The van der Waals surface area contributed by atoms with E-state index < -0.39 is 28.5 Å². The van der Waals surface area contributed by atoms with Crippen LogP contribution in [-0.2, 0) is 28.7 Å². The Morgan fingerprint density at radius 3 is 2.58 bits per heavy atom. The molecular weight excluding hydrogens is 561 g/mol. The highest BCUT2D eigenvalue weighted by atomic mass is 35.5. The number of hydrogen-bond donors (Lipinski definition) is 4. The number of fused-ring (bicyclic) bond motifs is 1. The van der Waals surface area contributed by atoms with Gasteiger partial charge in [-0.25, -0.2) is 22.9 Å². The number of anilines is 2. The molecule has 0 radical (unpaired) electrons. The topological polar surface area (TPSA) is 172 Å². The number of nitrogen functional groups attached to an aromatic ring is 2. The highest BCUT2D eigenvalue weighted by molar-refractivity contribution is 7.82. The lowest BCUT2D eigenvalue weighted by molar-refractivity contribution is -0.142. The van der Waals surface area contributed by atoms with E-state index in [-0.39, 0.29) is 28.0 Å². The molecule has 1 saturated heterocycles. The summed E-state index contributed by atoms with van der Waals surface area (Å²) in [6.45, 7) is 4.82. The van der Waals surface area contributed by atoms with Gasteiger partial charge in [0.1, 0.15) is 11.0 Å². The molecule has 5 rings (SSSR count). The maximum atomic E-state index is 14.2. The maximum Gasteiger partial charge on any atom is 0.280 e. The van der Waals surface area contributed by atoms with Crippen LogP contribution < -0.4 is 22.1 Å². The predicted octanol–water partition coefficient (Wildman–Crippen LogP) is 1.17. The van der Waals surface area contributed by atoms with Crippen LogP contribution in [0.4, 0.5) is 16.0 Å². The zero-order chi connectivity index (χ0) is 28.8. The summed E-state index contributed by atoms with van der Waals surface area (Å²) in [6.07, 6.45) is 1.93. The van der Waals surface area contributed by atoms with Crippen molar-refractivity contribution >= 4 is 52.0 Å². The fourth-order valence-electron chi connectivity index (χ4n) is 5.11. The van der Waals surface area contributed by atoms with Gasteiger partial charge in [0.2, 0.25) is 0 Å². The molecule has 4 heterocycles. The first-order valence-corrected chi connectivity index (χ1v) is 14.3. The van der Waals surface area contributed by atoms with Gasteiger partial charge in [-0.05, 0) is 56.4 Å². The molecule has 214 valence electrons. The normalized spacial score (nSPS) is 19.5. The summed E-state index contributed by atoms with van der Waals surface area (Å²) >= 11 is 5.88. The van der Waals surface area contributed by atoms with Crippen LogP contribution in [0.2, 0.25) is 5.15 Å². The maximum absolute atomic E-state index is 14.2. The first-order chi connectivity index (χ1) is 18.8. The van der Waals surface area contributed by atoms with Crippen molar-refractivity contribution in [2.45, 2.75) is 55.8 Å². The molecule has 1 aromatic carbocycles. The molecule has 12 nitrogen and oxygen atoms in total. The highest BCUT2D eigenvalue weighted by Crippen LogP contribution is 2.30. The van der Waals surface area contributed by atoms with E-state index in [2.05, 4.69) is 25.6 Å². The van der Waals surface area contributed by atoms with E-state index in [4.69, 9.17) is 23.1 Å². The predicted molar refractivity (Wildman–Crippen MR) is 149 cm³/mol. The van der Waals surface area contributed by atoms with E-state index in [1.165, 1.54) is 18.7 Å². The van der Waals surface area contributed by atoms with Gasteiger partial charge in [0.05, 0.1) is 17.0 Å². The second-order valence-corrected chi connectivity index (χ2v) is 12.6. The number of guanidine groups is 1. The first kappa shape index (κ1) is 28.2. The largest absolute Gasteiger partial charge is 0.382 e. The van der Waals surface area contributed by atoms with Crippen molar-refractivity contribution < 1.29 is 18.2 Å². The van der Waals surface area contributed by atoms with Crippen molar-refractivity contribution in [3.05, 3.63) is 40.2 Å². The van der Waals surface area contributed by atoms with Crippen LogP contribution in [0, 0.1) is 0 Å². The molecule has 0 bridgehead atoms. The average molecular weight is 592 g/mol. The van der Waals surface area contributed by atoms with Gasteiger partial charge in [-0.15, -0.1) is 0 Å². The highest BCUT2D eigenvalue weighted by Gasteiger charge is 2.41. The average Bonchev–Trinajstić information content (AvgIpc) is 3.30. The molecule has 1 unspecified atom stereocenters. The number of aromatic nitrogens is 2. The van der Waals surface area contributed by atoms with E-state index in [9.17, 15) is 18.2 Å². The minimum absolute atomic E-state index is 0.0662. The first-order valence-electron chi connectivity index (χ1n) is 12.8. The number of carbonyl (C=O) groups is 2. The minimum Gasteiger partial charge on any atom is -0.382 e. The lowest BCUT2D eigenvalue weighted by Gasteiger charge is -2.38. The Morgan fingerprint density at radius 1 is 1.15 bits per heavy atom. The molecule has 2 amide bonds. The van der Waals surface area contributed by atoms with Gasteiger partial charge in [0, 0.05) is 26.2 Å². The molecule has 1 atom stereocenters. The van der Waals surface area contributed by atoms with Gasteiger partial charge in [-0.1, -0.05) is 17.7 Å². The third-order valence-electron chi connectivity index (χ3n) is 7.38. The van der Waals surface area contributed by atoms with Gasteiger partial charge >= 0.3 is 0 Å². The lowest BCUT2D eigenvalue weighted by atomic mass is 9.89. The molecule has 15 heteroatoms. The number of rotatable bonds is 4. The van der Waals surface area contributed by atoms with E-state index in [0.29, 0.717) is 62.8 Å². The minimum atomic E-state index is -1.94. The number of nitrogens with one attached hydrogen (secondary N) is 2. The van der Waals surface area contributed by atoms with Crippen molar-refractivity contribution in [2.75, 3.05) is 37.6 Å². The Bertz CT molecular complexity index is 1420. The van der Waals surface area contributed by atoms with Crippen LogP contribution in [0.25, 0.3) is 0 Å². The van der Waals surface area contributed by atoms with Crippen LogP contribution in [0.1, 0.15) is 48.3 Å². The quantitative estimate of drug-likeness (QED) is 0.410. The van der Waals surface area contributed by atoms with Crippen molar-refractivity contribution in [1.29, 1.82) is 0 Å². The summed E-state index contributed by atoms with van der Waals surface area (Å²) in [5.74, 6) is -1.07.